The molecule has 0 aliphatic heterocycles. The largest absolute Gasteiger partial charge is 0.481 e. The van der Waals surface area contributed by atoms with Gasteiger partial charge in [0.05, 0.1) is 17.1 Å². The summed E-state index contributed by atoms with van der Waals surface area (Å²) in [7, 11) is 2.10. The van der Waals surface area contributed by atoms with Crippen LogP contribution in [0.15, 0.2) is 29.9 Å². The number of nitrogens with zero attached hydrogens (tertiary/aromatic N) is 3. The normalized spacial score (nSPS) is 12.5. The first kappa shape index (κ1) is 16.6. The van der Waals surface area contributed by atoms with E-state index in [1.165, 1.54) is 5.56 Å². The van der Waals surface area contributed by atoms with Crippen molar-refractivity contribution in [3.63, 3.8) is 0 Å². The Kier molecular flexibility index (Phi) is 6.03. The van der Waals surface area contributed by atoms with Gasteiger partial charge in [0.1, 0.15) is 0 Å². The Bertz CT molecular complexity index is 600. The maximum atomic E-state index is 10.7. The number of likely N-dealkylation sites (N-methyl/N-ethyl adjacent to an activating group) is 1. The molecule has 118 valence electrons. The van der Waals surface area contributed by atoms with Gasteiger partial charge in [-0.3, -0.25) is 9.78 Å². The van der Waals surface area contributed by atoms with Crippen LogP contribution in [-0.2, 0) is 17.6 Å². The van der Waals surface area contributed by atoms with Crippen LogP contribution in [0.5, 0.6) is 0 Å². The molecule has 0 aliphatic rings. The van der Waals surface area contributed by atoms with Crippen LogP contribution in [0.25, 0.3) is 0 Å². The van der Waals surface area contributed by atoms with E-state index in [9.17, 15) is 4.79 Å². The van der Waals surface area contributed by atoms with E-state index in [-0.39, 0.29) is 6.42 Å². The molecule has 1 unspecified atom stereocenters. The summed E-state index contributed by atoms with van der Waals surface area (Å²) in [4.78, 5) is 21.4. The molecular formula is C16H21N3O2S. The molecular weight excluding hydrogens is 298 g/mol. The smallest absolute Gasteiger partial charge is 0.309 e. The zero-order chi connectivity index (χ0) is 15.9. The summed E-state index contributed by atoms with van der Waals surface area (Å²) in [6, 6.07) is 4.08. The number of aromatic nitrogens is 2. The Morgan fingerprint density at radius 3 is 2.82 bits per heavy atom. The van der Waals surface area contributed by atoms with E-state index in [0.29, 0.717) is 11.6 Å². The Hall–Kier alpha value is -1.79. The molecule has 6 heteroatoms. The average Bonchev–Trinajstić information content (AvgIpc) is 2.94. The van der Waals surface area contributed by atoms with Crippen LogP contribution in [0.1, 0.15) is 29.1 Å². The van der Waals surface area contributed by atoms with Crippen LogP contribution in [0, 0.1) is 0 Å². The zero-order valence-electron chi connectivity index (χ0n) is 12.9. The number of hydrogen-bond donors (Lipinski definition) is 1. The van der Waals surface area contributed by atoms with Crippen molar-refractivity contribution >= 4 is 17.3 Å². The lowest BCUT2D eigenvalue weighted by molar-refractivity contribution is -0.136. The van der Waals surface area contributed by atoms with Gasteiger partial charge in [-0.1, -0.05) is 6.92 Å². The van der Waals surface area contributed by atoms with Crippen molar-refractivity contribution in [1.29, 1.82) is 0 Å². The van der Waals surface area contributed by atoms with E-state index < -0.39 is 5.97 Å². The highest BCUT2D eigenvalue weighted by Crippen LogP contribution is 2.21. The topological polar surface area (TPSA) is 66.3 Å². The molecule has 2 aromatic rings. The molecule has 1 atom stereocenters. The van der Waals surface area contributed by atoms with Gasteiger partial charge in [-0.25, -0.2) is 4.98 Å². The minimum Gasteiger partial charge on any atom is -0.481 e. The molecule has 0 aliphatic carbocycles. The summed E-state index contributed by atoms with van der Waals surface area (Å²) < 4.78 is 0. The fourth-order valence-electron chi connectivity index (χ4n) is 2.29. The van der Waals surface area contributed by atoms with E-state index in [1.807, 2.05) is 29.9 Å². The maximum absolute atomic E-state index is 10.7. The van der Waals surface area contributed by atoms with Crippen molar-refractivity contribution in [2.75, 3.05) is 20.1 Å². The number of aliphatic carboxylic acids is 1. The van der Waals surface area contributed by atoms with Gasteiger partial charge in [-0.2, -0.15) is 0 Å². The molecule has 2 heterocycles. The van der Waals surface area contributed by atoms with Gasteiger partial charge in [-0.15, -0.1) is 11.3 Å². The van der Waals surface area contributed by atoms with Gasteiger partial charge >= 0.3 is 5.97 Å². The summed E-state index contributed by atoms with van der Waals surface area (Å²) in [6.07, 6.45) is 4.63. The molecule has 0 saturated heterocycles. The van der Waals surface area contributed by atoms with Gasteiger partial charge in [0.25, 0.3) is 0 Å². The van der Waals surface area contributed by atoms with Gasteiger partial charge < -0.3 is 10.0 Å². The van der Waals surface area contributed by atoms with E-state index >= 15 is 0 Å². The quantitative estimate of drug-likeness (QED) is 0.809. The second-order valence-corrected chi connectivity index (χ2v) is 6.41. The van der Waals surface area contributed by atoms with E-state index in [4.69, 9.17) is 5.11 Å². The molecule has 0 spiro atoms. The van der Waals surface area contributed by atoms with Gasteiger partial charge in [0.2, 0.25) is 0 Å². The van der Waals surface area contributed by atoms with Crippen LogP contribution in [0.4, 0.5) is 0 Å². The third-order valence-electron chi connectivity index (χ3n) is 3.44. The lowest BCUT2D eigenvalue weighted by Gasteiger charge is -2.20. The number of thiazole rings is 1. The number of rotatable bonds is 8. The van der Waals surface area contributed by atoms with Crippen LogP contribution < -0.4 is 0 Å². The third kappa shape index (κ3) is 5.20. The van der Waals surface area contributed by atoms with E-state index in [1.54, 1.807) is 11.3 Å². The van der Waals surface area contributed by atoms with Gasteiger partial charge in [-0.05, 0) is 31.2 Å². The van der Waals surface area contributed by atoms with E-state index in [2.05, 4.69) is 28.8 Å². The molecule has 2 aromatic heterocycles. The molecule has 0 radical (unpaired) electrons. The number of carboxylic acids is 1. The van der Waals surface area contributed by atoms with Crippen molar-refractivity contribution in [2.24, 2.45) is 0 Å². The SMILES string of the molecule is CC(CN(C)CCc1ccncc1)c1nc(CC(=O)O)cs1. The molecule has 22 heavy (non-hydrogen) atoms. The highest BCUT2D eigenvalue weighted by Gasteiger charge is 2.14. The summed E-state index contributed by atoms with van der Waals surface area (Å²) in [5, 5.41) is 11.6. The number of carboxylic acid groups (broad SMARTS) is 1. The minimum atomic E-state index is -0.834. The molecule has 1 N–H and O–H groups in total. The Morgan fingerprint density at radius 1 is 1.41 bits per heavy atom. The zero-order valence-corrected chi connectivity index (χ0v) is 13.7. The number of pyridine rings is 1. The Labute approximate surface area is 134 Å². The van der Waals surface area contributed by atoms with Crippen molar-refractivity contribution in [1.82, 2.24) is 14.9 Å². The van der Waals surface area contributed by atoms with Crippen LogP contribution in [0.3, 0.4) is 0 Å². The lowest BCUT2D eigenvalue weighted by atomic mass is 10.1. The summed E-state index contributed by atoms with van der Waals surface area (Å²) >= 11 is 1.55. The maximum Gasteiger partial charge on any atom is 0.309 e. The molecule has 5 nitrogen and oxygen atoms in total. The lowest BCUT2D eigenvalue weighted by Crippen LogP contribution is -2.25. The standard InChI is InChI=1S/C16H21N3O2S/c1-12(16-18-14(11-22-16)9-15(20)21)10-19(2)8-5-13-3-6-17-7-4-13/h3-4,6-7,11-12H,5,8-10H2,1-2H3,(H,20,21). The summed E-state index contributed by atoms with van der Waals surface area (Å²) in [5.41, 5.74) is 1.94. The molecule has 0 fully saturated rings. The highest BCUT2D eigenvalue weighted by molar-refractivity contribution is 7.09. The summed E-state index contributed by atoms with van der Waals surface area (Å²) in [6.45, 7) is 4.01. The number of hydrogen-bond acceptors (Lipinski definition) is 5. The van der Waals surface area contributed by atoms with Gasteiger partial charge in [0, 0.05) is 36.8 Å². The predicted molar refractivity (Wildman–Crippen MR) is 87.3 cm³/mol. The fraction of sp³-hybridized carbons (Fsp3) is 0.438. The first-order valence-corrected chi connectivity index (χ1v) is 8.16. The average molecular weight is 319 g/mol. The molecule has 0 saturated carbocycles. The predicted octanol–water partition coefficient (Wildman–Crippen LogP) is 2.44. The van der Waals surface area contributed by atoms with E-state index in [0.717, 1.165) is 24.5 Å². The van der Waals surface area contributed by atoms with Crippen molar-refractivity contribution in [3.8, 4) is 0 Å². The van der Waals surface area contributed by atoms with Gasteiger partial charge in [0.15, 0.2) is 0 Å². The minimum absolute atomic E-state index is 0.00109. The second kappa shape index (κ2) is 8.00. The van der Waals surface area contributed by atoms with Crippen LogP contribution in [0.2, 0.25) is 0 Å². The molecule has 0 aromatic carbocycles. The molecule has 2 rings (SSSR count). The molecule has 0 amide bonds. The van der Waals surface area contributed by atoms with Crippen LogP contribution >= 0.6 is 11.3 Å². The second-order valence-electron chi connectivity index (χ2n) is 5.52. The first-order chi connectivity index (χ1) is 10.5. The first-order valence-electron chi connectivity index (χ1n) is 7.28. The van der Waals surface area contributed by atoms with Crippen molar-refractivity contribution in [3.05, 3.63) is 46.2 Å². The number of carbonyl (C=O) groups is 1. The highest BCUT2D eigenvalue weighted by atomic mass is 32.1. The Balaban J connectivity index is 1.81. The third-order valence-corrected chi connectivity index (χ3v) is 4.57. The monoisotopic (exact) mass is 319 g/mol. The van der Waals surface area contributed by atoms with Crippen molar-refractivity contribution < 1.29 is 9.90 Å². The van der Waals surface area contributed by atoms with Crippen LogP contribution in [-0.4, -0.2) is 46.1 Å². The van der Waals surface area contributed by atoms with Crippen molar-refractivity contribution in [2.45, 2.75) is 25.7 Å². The fourth-order valence-corrected chi connectivity index (χ4v) is 3.16. The molecule has 0 bridgehead atoms. The summed E-state index contributed by atoms with van der Waals surface area (Å²) in [5.74, 6) is -0.533. The Morgan fingerprint density at radius 2 is 2.14 bits per heavy atom.